The highest BCUT2D eigenvalue weighted by Gasteiger charge is 2.17. The number of nitrogens with one attached hydrogen (secondary N) is 1. The zero-order valence-corrected chi connectivity index (χ0v) is 12.9. The van der Waals surface area contributed by atoms with Crippen LogP contribution in [0.3, 0.4) is 0 Å². The van der Waals surface area contributed by atoms with Crippen LogP contribution in [0.2, 0.25) is 0 Å². The van der Waals surface area contributed by atoms with Crippen LogP contribution in [0.4, 0.5) is 5.82 Å². The molecule has 0 atom stereocenters. The van der Waals surface area contributed by atoms with Gasteiger partial charge in [-0.3, -0.25) is 5.10 Å². The summed E-state index contributed by atoms with van der Waals surface area (Å²) in [5.41, 5.74) is 9.54. The number of aryl methyl sites for hydroxylation is 2. The van der Waals surface area contributed by atoms with Gasteiger partial charge in [-0.1, -0.05) is 0 Å². The molecule has 0 aliphatic rings. The van der Waals surface area contributed by atoms with Gasteiger partial charge in [0.05, 0.1) is 20.1 Å². The molecule has 0 saturated carbocycles. The van der Waals surface area contributed by atoms with Gasteiger partial charge in [-0.25, -0.2) is 4.99 Å². The third-order valence-corrected chi connectivity index (χ3v) is 3.21. The summed E-state index contributed by atoms with van der Waals surface area (Å²) < 4.78 is 10.7. The Morgan fingerprint density at radius 1 is 1.19 bits per heavy atom. The topological polar surface area (TPSA) is 85.5 Å². The molecule has 6 nitrogen and oxygen atoms in total. The number of benzene rings is 1. The molecule has 3 N–H and O–H groups in total. The van der Waals surface area contributed by atoms with Gasteiger partial charge in [0, 0.05) is 11.3 Å². The first-order valence-corrected chi connectivity index (χ1v) is 6.56. The number of hydrogen-bond donors (Lipinski definition) is 2. The number of aromatic nitrogens is 2. The number of nitrogens with zero attached hydrogens (tertiary/aromatic N) is 2. The fraction of sp³-hybridized carbons (Fsp3) is 0.333. The second-order valence-electron chi connectivity index (χ2n) is 4.82. The van der Waals surface area contributed by atoms with E-state index in [1.807, 2.05) is 26.0 Å². The Hall–Kier alpha value is -2.50. The smallest absolute Gasteiger partial charge is 0.183 e. The average Bonchev–Trinajstić information content (AvgIpc) is 2.78. The number of amidine groups is 1. The summed E-state index contributed by atoms with van der Waals surface area (Å²) in [7, 11) is 3.23. The van der Waals surface area contributed by atoms with Gasteiger partial charge in [0.2, 0.25) is 0 Å². The highest BCUT2D eigenvalue weighted by molar-refractivity contribution is 5.86. The number of aromatic amines is 1. The van der Waals surface area contributed by atoms with Crippen molar-refractivity contribution in [3.63, 3.8) is 0 Å². The Morgan fingerprint density at radius 3 is 2.38 bits per heavy atom. The van der Waals surface area contributed by atoms with Crippen molar-refractivity contribution in [2.24, 2.45) is 10.7 Å². The first-order valence-electron chi connectivity index (χ1n) is 6.56. The van der Waals surface area contributed by atoms with E-state index in [2.05, 4.69) is 15.2 Å². The first-order chi connectivity index (χ1) is 9.97. The minimum absolute atomic E-state index is 0.459. The Balaban J connectivity index is 2.67. The highest BCUT2D eigenvalue weighted by Crippen LogP contribution is 2.39. The molecule has 0 amide bonds. The van der Waals surface area contributed by atoms with E-state index in [1.54, 1.807) is 21.1 Å². The molecule has 6 heteroatoms. The van der Waals surface area contributed by atoms with Crippen LogP contribution < -0.4 is 15.2 Å². The number of aliphatic imine (C=N–C) groups is 1. The van der Waals surface area contributed by atoms with Gasteiger partial charge in [-0.05, 0) is 44.0 Å². The minimum Gasteiger partial charge on any atom is -0.493 e. The Bertz CT molecular complexity index is 685. The van der Waals surface area contributed by atoms with Gasteiger partial charge in [-0.2, -0.15) is 5.10 Å². The maximum Gasteiger partial charge on any atom is 0.183 e. The van der Waals surface area contributed by atoms with Crippen molar-refractivity contribution in [2.75, 3.05) is 14.2 Å². The normalized spacial score (nSPS) is 11.6. The molecule has 21 heavy (non-hydrogen) atoms. The van der Waals surface area contributed by atoms with Crippen molar-refractivity contribution in [3.05, 3.63) is 23.4 Å². The van der Waals surface area contributed by atoms with E-state index in [0.29, 0.717) is 23.2 Å². The molecule has 1 heterocycles. The highest BCUT2D eigenvalue weighted by atomic mass is 16.5. The summed E-state index contributed by atoms with van der Waals surface area (Å²) in [5.74, 6) is 2.39. The predicted octanol–water partition coefficient (Wildman–Crippen LogP) is 2.72. The number of H-pyrrole nitrogens is 1. The molecule has 1 aromatic heterocycles. The van der Waals surface area contributed by atoms with Crippen molar-refractivity contribution in [2.45, 2.75) is 20.8 Å². The lowest BCUT2D eigenvalue weighted by molar-refractivity contribution is 0.355. The van der Waals surface area contributed by atoms with Crippen LogP contribution in [0.25, 0.3) is 11.1 Å². The lowest BCUT2D eigenvalue weighted by Crippen LogP contribution is -2.04. The third kappa shape index (κ3) is 2.84. The second kappa shape index (κ2) is 5.87. The summed E-state index contributed by atoms with van der Waals surface area (Å²) in [5, 5.41) is 7.16. The Kier molecular flexibility index (Phi) is 4.16. The fourth-order valence-corrected chi connectivity index (χ4v) is 2.24. The SMILES string of the molecule is COc1cc(C)c(-c2c(N=C(C)N)n[nH]c2C)cc1OC. The first kappa shape index (κ1) is 14.9. The van der Waals surface area contributed by atoms with E-state index in [1.165, 1.54) is 0 Å². The minimum atomic E-state index is 0.459. The van der Waals surface area contributed by atoms with Crippen molar-refractivity contribution >= 4 is 11.7 Å². The summed E-state index contributed by atoms with van der Waals surface area (Å²) in [6.45, 7) is 5.69. The molecule has 0 bridgehead atoms. The summed E-state index contributed by atoms with van der Waals surface area (Å²) in [6, 6.07) is 3.86. The predicted molar refractivity (Wildman–Crippen MR) is 83.6 cm³/mol. The van der Waals surface area contributed by atoms with Crippen LogP contribution in [0.5, 0.6) is 11.5 Å². The number of hydrogen-bond acceptors (Lipinski definition) is 4. The number of nitrogens with two attached hydrogens (primary N) is 1. The molecule has 2 rings (SSSR count). The van der Waals surface area contributed by atoms with Crippen molar-refractivity contribution in [1.82, 2.24) is 10.2 Å². The molecule has 0 aliphatic carbocycles. The third-order valence-electron chi connectivity index (χ3n) is 3.21. The summed E-state index contributed by atoms with van der Waals surface area (Å²) in [4.78, 5) is 4.28. The lowest BCUT2D eigenvalue weighted by Gasteiger charge is -2.13. The average molecular weight is 288 g/mol. The molecule has 112 valence electrons. The molecule has 1 aromatic carbocycles. The van der Waals surface area contributed by atoms with Gasteiger partial charge < -0.3 is 15.2 Å². The van der Waals surface area contributed by atoms with E-state index < -0.39 is 0 Å². The van der Waals surface area contributed by atoms with E-state index in [9.17, 15) is 0 Å². The molecule has 0 unspecified atom stereocenters. The van der Waals surface area contributed by atoms with Gasteiger partial charge in [0.15, 0.2) is 17.3 Å². The number of ether oxygens (including phenoxy) is 2. The van der Waals surface area contributed by atoms with Crippen molar-refractivity contribution < 1.29 is 9.47 Å². The fourth-order valence-electron chi connectivity index (χ4n) is 2.24. The van der Waals surface area contributed by atoms with Crippen LogP contribution in [0.15, 0.2) is 17.1 Å². The Morgan fingerprint density at radius 2 is 1.81 bits per heavy atom. The largest absolute Gasteiger partial charge is 0.493 e. The van der Waals surface area contributed by atoms with E-state index in [0.717, 1.165) is 22.4 Å². The van der Waals surface area contributed by atoms with Crippen LogP contribution in [0.1, 0.15) is 18.2 Å². The lowest BCUT2D eigenvalue weighted by atomic mass is 9.99. The van der Waals surface area contributed by atoms with Crippen molar-refractivity contribution in [3.8, 4) is 22.6 Å². The quantitative estimate of drug-likeness (QED) is 0.669. The van der Waals surface area contributed by atoms with Crippen LogP contribution in [-0.4, -0.2) is 30.3 Å². The molecule has 0 aliphatic heterocycles. The van der Waals surface area contributed by atoms with Gasteiger partial charge in [0.25, 0.3) is 0 Å². The van der Waals surface area contributed by atoms with Crippen LogP contribution in [-0.2, 0) is 0 Å². The Labute approximate surface area is 124 Å². The summed E-state index contributed by atoms with van der Waals surface area (Å²) >= 11 is 0. The molecular weight excluding hydrogens is 268 g/mol. The molecule has 0 radical (unpaired) electrons. The van der Waals surface area contributed by atoms with Gasteiger partial charge >= 0.3 is 0 Å². The maximum atomic E-state index is 5.67. The standard InChI is InChI=1S/C15H20N4O2/c1-8-6-12(20-4)13(21-5)7-11(8)14-9(2)18-19-15(14)17-10(3)16/h6-7H,1-5H3,(H3,16,17,18,19). The van der Waals surface area contributed by atoms with Gasteiger partial charge in [-0.15, -0.1) is 0 Å². The molecular formula is C15H20N4O2. The van der Waals surface area contributed by atoms with Gasteiger partial charge in [0.1, 0.15) is 0 Å². The van der Waals surface area contributed by atoms with E-state index in [4.69, 9.17) is 15.2 Å². The molecule has 0 saturated heterocycles. The zero-order valence-electron chi connectivity index (χ0n) is 12.9. The zero-order chi connectivity index (χ0) is 15.6. The molecule has 0 fully saturated rings. The van der Waals surface area contributed by atoms with Crippen molar-refractivity contribution in [1.29, 1.82) is 0 Å². The maximum absolute atomic E-state index is 5.67. The number of methoxy groups -OCH3 is 2. The van der Waals surface area contributed by atoms with E-state index in [-0.39, 0.29) is 0 Å². The molecule has 0 spiro atoms. The monoisotopic (exact) mass is 288 g/mol. The van der Waals surface area contributed by atoms with Crippen LogP contribution in [0, 0.1) is 13.8 Å². The summed E-state index contributed by atoms with van der Waals surface area (Å²) in [6.07, 6.45) is 0. The second-order valence-corrected chi connectivity index (χ2v) is 4.82. The molecule has 2 aromatic rings. The van der Waals surface area contributed by atoms with E-state index >= 15 is 0 Å². The van der Waals surface area contributed by atoms with Crippen LogP contribution >= 0.6 is 0 Å². The number of rotatable bonds is 4.